The molecule has 0 heterocycles. The van der Waals surface area contributed by atoms with E-state index in [1.807, 2.05) is 6.08 Å². The lowest BCUT2D eigenvalue weighted by Gasteiger charge is -2.06. The van der Waals surface area contributed by atoms with Crippen molar-refractivity contribution in [2.24, 2.45) is 5.92 Å². The molecule has 0 aromatic heterocycles. The first-order chi connectivity index (χ1) is 6.81. The fraction of sp³-hybridized carbons (Fsp3) is 0.769. The molecule has 0 aliphatic rings. The van der Waals surface area contributed by atoms with E-state index in [0.717, 1.165) is 19.1 Å². The minimum absolute atomic E-state index is 0.584. The van der Waals surface area contributed by atoms with Crippen LogP contribution in [-0.2, 0) is 4.79 Å². The Morgan fingerprint density at radius 2 is 1.79 bits per heavy atom. The highest BCUT2D eigenvalue weighted by Gasteiger charge is 1.99. The highest BCUT2D eigenvalue weighted by Crippen LogP contribution is 2.13. The molecule has 0 N–H and O–H groups in total. The van der Waals surface area contributed by atoms with Gasteiger partial charge in [-0.1, -0.05) is 45.1 Å². The molecule has 0 aromatic rings. The van der Waals surface area contributed by atoms with Gasteiger partial charge < -0.3 is 4.79 Å². The van der Waals surface area contributed by atoms with Crippen LogP contribution in [-0.4, -0.2) is 6.29 Å². The first kappa shape index (κ1) is 13.4. The van der Waals surface area contributed by atoms with Crippen LogP contribution in [0, 0.1) is 5.92 Å². The van der Waals surface area contributed by atoms with Crippen LogP contribution < -0.4 is 0 Å². The van der Waals surface area contributed by atoms with Crippen molar-refractivity contribution >= 4 is 6.29 Å². The number of hydrogen-bond acceptors (Lipinski definition) is 1. The minimum atomic E-state index is 0.584. The van der Waals surface area contributed by atoms with Crippen LogP contribution in [0.15, 0.2) is 12.7 Å². The molecule has 0 aliphatic heterocycles. The average molecular weight is 196 g/mol. The Kier molecular flexibility index (Phi) is 10.0. The van der Waals surface area contributed by atoms with E-state index in [2.05, 4.69) is 13.5 Å². The highest BCUT2D eigenvalue weighted by molar-refractivity contribution is 5.49. The monoisotopic (exact) mass is 196 g/mol. The molecule has 0 bridgehead atoms. The molecular formula is C13H24O. The molecule has 0 unspecified atom stereocenters. The Labute approximate surface area is 88.6 Å². The van der Waals surface area contributed by atoms with E-state index in [1.54, 1.807) is 0 Å². The van der Waals surface area contributed by atoms with Gasteiger partial charge in [-0.3, -0.25) is 0 Å². The van der Waals surface area contributed by atoms with E-state index in [-0.39, 0.29) is 0 Å². The molecule has 0 rings (SSSR count). The third-order valence-electron chi connectivity index (χ3n) is 2.60. The molecular weight excluding hydrogens is 172 g/mol. The Hall–Kier alpha value is -0.590. The minimum Gasteiger partial charge on any atom is -0.303 e. The summed E-state index contributed by atoms with van der Waals surface area (Å²) in [6.45, 7) is 5.86. The zero-order valence-electron chi connectivity index (χ0n) is 9.50. The standard InChI is InChI=1S/C13H24O/c1-3-4-5-6-7-8-9-10-13(2)11-12-14/h3,12-13H,1,4-11H2,2H3/t13-/m1/s1. The molecule has 0 aromatic carbocycles. The Balaban J connectivity index is 3.04. The summed E-state index contributed by atoms with van der Waals surface area (Å²) in [5, 5.41) is 0. The van der Waals surface area contributed by atoms with E-state index in [0.29, 0.717) is 5.92 Å². The van der Waals surface area contributed by atoms with E-state index < -0.39 is 0 Å². The van der Waals surface area contributed by atoms with Gasteiger partial charge in [-0.2, -0.15) is 0 Å². The summed E-state index contributed by atoms with van der Waals surface area (Å²) in [7, 11) is 0. The van der Waals surface area contributed by atoms with Crippen LogP contribution in [0.4, 0.5) is 0 Å². The number of rotatable bonds is 10. The number of carbonyl (C=O) groups is 1. The van der Waals surface area contributed by atoms with Gasteiger partial charge in [0.2, 0.25) is 0 Å². The summed E-state index contributed by atoms with van der Waals surface area (Å²) in [4.78, 5) is 10.2. The predicted octanol–water partition coefficient (Wildman–Crippen LogP) is 4.13. The third kappa shape index (κ3) is 9.50. The van der Waals surface area contributed by atoms with Crippen molar-refractivity contribution in [1.82, 2.24) is 0 Å². The second-order valence-corrected chi connectivity index (χ2v) is 4.14. The van der Waals surface area contributed by atoms with Gasteiger partial charge in [-0.25, -0.2) is 0 Å². The molecule has 14 heavy (non-hydrogen) atoms. The lowest BCUT2D eigenvalue weighted by molar-refractivity contribution is -0.108. The van der Waals surface area contributed by atoms with E-state index in [4.69, 9.17) is 0 Å². The lowest BCUT2D eigenvalue weighted by atomic mass is 10.00. The Morgan fingerprint density at radius 1 is 1.14 bits per heavy atom. The quantitative estimate of drug-likeness (QED) is 0.292. The number of hydrogen-bond donors (Lipinski definition) is 0. The first-order valence-electron chi connectivity index (χ1n) is 5.85. The fourth-order valence-electron chi connectivity index (χ4n) is 1.59. The largest absolute Gasteiger partial charge is 0.303 e. The van der Waals surface area contributed by atoms with Crippen molar-refractivity contribution in [3.05, 3.63) is 12.7 Å². The van der Waals surface area contributed by atoms with Crippen molar-refractivity contribution in [2.75, 3.05) is 0 Å². The second-order valence-electron chi connectivity index (χ2n) is 4.14. The van der Waals surface area contributed by atoms with E-state index >= 15 is 0 Å². The molecule has 0 saturated carbocycles. The molecule has 0 spiro atoms. The maximum atomic E-state index is 10.2. The maximum Gasteiger partial charge on any atom is 0.120 e. The third-order valence-corrected chi connectivity index (χ3v) is 2.60. The number of allylic oxidation sites excluding steroid dienone is 1. The number of aldehydes is 1. The zero-order valence-corrected chi connectivity index (χ0v) is 9.50. The van der Waals surface area contributed by atoms with E-state index in [9.17, 15) is 4.79 Å². The topological polar surface area (TPSA) is 17.1 Å². The normalized spacial score (nSPS) is 12.4. The van der Waals surface area contributed by atoms with Crippen molar-refractivity contribution in [2.45, 2.75) is 58.3 Å². The van der Waals surface area contributed by atoms with Gasteiger partial charge in [-0.15, -0.1) is 6.58 Å². The fourth-order valence-corrected chi connectivity index (χ4v) is 1.59. The predicted molar refractivity (Wildman–Crippen MR) is 62.4 cm³/mol. The molecule has 0 aliphatic carbocycles. The van der Waals surface area contributed by atoms with Crippen molar-refractivity contribution in [3.8, 4) is 0 Å². The van der Waals surface area contributed by atoms with Gasteiger partial charge in [0, 0.05) is 6.42 Å². The van der Waals surface area contributed by atoms with Gasteiger partial charge in [0.15, 0.2) is 0 Å². The van der Waals surface area contributed by atoms with Gasteiger partial charge in [0.1, 0.15) is 6.29 Å². The van der Waals surface area contributed by atoms with Gasteiger partial charge >= 0.3 is 0 Å². The first-order valence-corrected chi connectivity index (χ1v) is 5.85. The van der Waals surface area contributed by atoms with Crippen LogP contribution in [0.25, 0.3) is 0 Å². The Bertz CT molecular complexity index is 140. The van der Waals surface area contributed by atoms with Crippen molar-refractivity contribution in [1.29, 1.82) is 0 Å². The van der Waals surface area contributed by atoms with E-state index in [1.165, 1.54) is 38.5 Å². The maximum absolute atomic E-state index is 10.2. The van der Waals surface area contributed by atoms with Gasteiger partial charge in [-0.05, 0) is 18.8 Å². The summed E-state index contributed by atoms with van der Waals surface area (Å²) >= 11 is 0. The van der Waals surface area contributed by atoms with Crippen LogP contribution >= 0.6 is 0 Å². The summed E-state index contributed by atoms with van der Waals surface area (Å²) < 4.78 is 0. The molecule has 1 heteroatoms. The Morgan fingerprint density at radius 3 is 2.43 bits per heavy atom. The molecule has 82 valence electrons. The smallest absolute Gasteiger partial charge is 0.120 e. The van der Waals surface area contributed by atoms with Crippen LogP contribution in [0.1, 0.15) is 58.3 Å². The van der Waals surface area contributed by atoms with Gasteiger partial charge in [0.25, 0.3) is 0 Å². The summed E-state index contributed by atoms with van der Waals surface area (Å²) in [6, 6.07) is 0. The molecule has 0 saturated heterocycles. The zero-order chi connectivity index (χ0) is 10.6. The van der Waals surface area contributed by atoms with Crippen molar-refractivity contribution < 1.29 is 4.79 Å². The summed E-state index contributed by atoms with van der Waals surface area (Å²) in [6.07, 6.45) is 12.7. The van der Waals surface area contributed by atoms with Crippen LogP contribution in [0.5, 0.6) is 0 Å². The van der Waals surface area contributed by atoms with Gasteiger partial charge in [0.05, 0.1) is 0 Å². The summed E-state index contributed by atoms with van der Waals surface area (Å²) in [5.74, 6) is 0.584. The lowest BCUT2D eigenvalue weighted by Crippen LogP contribution is -1.95. The second kappa shape index (κ2) is 10.5. The van der Waals surface area contributed by atoms with Crippen LogP contribution in [0.3, 0.4) is 0 Å². The summed E-state index contributed by atoms with van der Waals surface area (Å²) in [5.41, 5.74) is 0. The molecule has 0 radical (unpaired) electrons. The number of unbranched alkanes of at least 4 members (excludes halogenated alkanes) is 5. The SMILES string of the molecule is C=CCCCCCCC[C@@H](C)CC=O. The molecule has 0 amide bonds. The van der Waals surface area contributed by atoms with Crippen molar-refractivity contribution in [3.63, 3.8) is 0 Å². The average Bonchev–Trinajstić information content (AvgIpc) is 2.17. The molecule has 0 fully saturated rings. The van der Waals surface area contributed by atoms with Crippen LogP contribution in [0.2, 0.25) is 0 Å². The number of carbonyl (C=O) groups excluding carboxylic acids is 1. The molecule has 1 nitrogen and oxygen atoms in total. The molecule has 1 atom stereocenters. The highest BCUT2D eigenvalue weighted by atomic mass is 16.1.